The summed E-state index contributed by atoms with van der Waals surface area (Å²) in [5, 5.41) is 7.37. The van der Waals surface area contributed by atoms with E-state index in [0.717, 1.165) is 33.7 Å². The van der Waals surface area contributed by atoms with Crippen molar-refractivity contribution in [3.8, 4) is 39.3 Å². The largest absolute Gasteiger partial charge is 0.309 e. The van der Waals surface area contributed by atoms with Gasteiger partial charge in [-0.1, -0.05) is 133 Å². The smallest absolute Gasteiger partial charge is 0.141 e. The van der Waals surface area contributed by atoms with Crippen molar-refractivity contribution in [2.45, 2.75) is 0 Å². The topological polar surface area (TPSA) is 35.1 Å². The van der Waals surface area contributed by atoms with E-state index in [1.165, 1.54) is 65.6 Å². The highest BCUT2D eigenvalue weighted by molar-refractivity contribution is 6.21. The van der Waals surface area contributed by atoms with Crippen LogP contribution in [0.4, 0.5) is 0 Å². The number of benzene rings is 7. The molecule has 11 aromatic rings. The van der Waals surface area contributed by atoms with Gasteiger partial charge in [-0.05, 0) is 64.0 Å². The van der Waals surface area contributed by atoms with E-state index in [9.17, 15) is 0 Å². The van der Waals surface area contributed by atoms with E-state index in [1.54, 1.807) is 6.33 Å². The minimum Gasteiger partial charge on any atom is -0.309 e. The zero-order valence-electron chi connectivity index (χ0n) is 28.1. The maximum Gasteiger partial charge on any atom is 0.141 e. The summed E-state index contributed by atoms with van der Waals surface area (Å²) >= 11 is 0. The molecule has 0 unspecified atom stereocenters. The van der Waals surface area contributed by atoms with Crippen molar-refractivity contribution < 1.29 is 0 Å². The van der Waals surface area contributed by atoms with Crippen molar-refractivity contribution in [2.75, 3.05) is 0 Å². The zero-order chi connectivity index (χ0) is 34.2. The van der Waals surface area contributed by atoms with Gasteiger partial charge in [0, 0.05) is 38.6 Å². The summed E-state index contributed by atoms with van der Waals surface area (Å²) in [5.41, 5.74) is 12.5. The first-order valence-corrected chi connectivity index (χ1v) is 17.7. The van der Waals surface area contributed by atoms with Crippen molar-refractivity contribution in [1.82, 2.24) is 18.9 Å². The van der Waals surface area contributed by atoms with Gasteiger partial charge in [0.15, 0.2) is 0 Å². The number of hydrogen-bond donors (Lipinski definition) is 0. The number of para-hydroxylation sites is 2. The number of pyridine rings is 1. The van der Waals surface area contributed by atoms with Gasteiger partial charge >= 0.3 is 0 Å². The van der Waals surface area contributed by atoms with Gasteiger partial charge in [0.1, 0.15) is 12.1 Å². The third-order valence-corrected chi connectivity index (χ3v) is 10.6. The predicted octanol–water partition coefficient (Wildman–Crippen LogP) is 12.3. The molecule has 52 heavy (non-hydrogen) atoms. The zero-order valence-corrected chi connectivity index (χ0v) is 28.1. The Kier molecular flexibility index (Phi) is 6.22. The molecule has 4 aromatic heterocycles. The Bertz CT molecular complexity index is 3170. The van der Waals surface area contributed by atoms with Gasteiger partial charge in [0.25, 0.3) is 0 Å². The lowest BCUT2D eigenvalue weighted by Gasteiger charge is -2.13. The lowest BCUT2D eigenvalue weighted by Crippen LogP contribution is -2.00. The van der Waals surface area contributed by atoms with E-state index < -0.39 is 0 Å². The van der Waals surface area contributed by atoms with Gasteiger partial charge in [-0.15, -0.1) is 0 Å². The van der Waals surface area contributed by atoms with Crippen LogP contribution in [0.2, 0.25) is 0 Å². The van der Waals surface area contributed by atoms with Crippen LogP contribution in [0.3, 0.4) is 0 Å². The average Bonchev–Trinajstić information content (AvgIpc) is 3.77. The van der Waals surface area contributed by atoms with E-state index in [-0.39, 0.29) is 0 Å². The van der Waals surface area contributed by atoms with E-state index in [0.29, 0.717) is 0 Å². The van der Waals surface area contributed by atoms with Crippen LogP contribution in [0.15, 0.2) is 182 Å². The standard InChI is InChI=1S/C48H30N4/c1-2-11-31(12-3-1)32-21-23-33(24-22-32)34-14-10-15-35(25-34)42-28-48(50-30-49-42)52-44-20-9-7-18-39(44)41-27-40-37-16-5-6-17-38(37)45-26-36-13-4-8-19-43(36)51(45)46(40)29-47(41)52/h1-30H. The molecule has 242 valence electrons. The summed E-state index contributed by atoms with van der Waals surface area (Å²) < 4.78 is 4.73. The molecule has 0 aliphatic heterocycles. The maximum atomic E-state index is 4.90. The molecule has 0 atom stereocenters. The number of hydrogen-bond acceptors (Lipinski definition) is 2. The summed E-state index contributed by atoms with van der Waals surface area (Å²) in [5.74, 6) is 0.836. The Balaban J connectivity index is 1.10. The highest BCUT2D eigenvalue weighted by Gasteiger charge is 2.19. The number of rotatable bonds is 4. The number of fused-ring (bicyclic) bond motifs is 11. The Morgan fingerprint density at radius 3 is 1.75 bits per heavy atom. The Labute approximate surface area is 299 Å². The van der Waals surface area contributed by atoms with Crippen LogP contribution in [0, 0.1) is 0 Å². The minimum atomic E-state index is 0.836. The van der Waals surface area contributed by atoms with Gasteiger partial charge < -0.3 is 4.40 Å². The molecule has 0 aliphatic rings. The molecular weight excluding hydrogens is 633 g/mol. The fourth-order valence-corrected chi connectivity index (χ4v) is 8.18. The summed E-state index contributed by atoms with van der Waals surface area (Å²) in [6.07, 6.45) is 1.69. The van der Waals surface area contributed by atoms with E-state index in [4.69, 9.17) is 9.97 Å². The van der Waals surface area contributed by atoms with Crippen molar-refractivity contribution in [1.29, 1.82) is 0 Å². The van der Waals surface area contributed by atoms with Crippen LogP contribution >= 0.6 is 0 Å². The van der Waals surface area contributed by atoms with Crippen molar-refractivity contribution in [2.24, 2.45) is 0 Å². The first kappa shape index (κ1) is 28.8. The molecule has 4 heterocycles. The molecule has 0 amide bonds. The third-order valence-electron chi connectivity index (χ3n) is 10.6. The van der Waals surface area contributed by atoms with Gasteiger partial charge in [-0.2, -0.15) is 0 Å². The Morgan fingerprint density at radius 1 is 0.327 bits per heavy atom. The van der Waals surface area contributed by atoms with E-state index in [2.05, 4.69) is 185 Å². The quantitative estimate of drug-likeness (QED) is 0.176. The average molecular weight is 663 g/mol. The molecule has 0 saturated carbocycles. The number of aromatic nitrogens is 4. The molecule has 0 bridgehead atoms. The molecular formula is C48H30N4. The predicted molar refractivity (Wildman–Crippen MR) is 216 cm³/mol. The van der Waals surface area contributed by atoms with Gasteiger partial charge in [-0.3, -0.25) is 4.57 Å². The monoisotopic (exact) mass is 662 g/mol. The van der Waals surface area contributed by atoms with Crippen LogP contribution in [0.5, 0.6) is 0 Å². The third kappa shape index (κ3) is 4.34. The lowest BCUT2D eigenvalue weighted by atomic mass is 9.98. The Hall–Kier alpha value is -7.04. The minimum absolute atomic E-state index is 0.836. The second-order valence-electron chi connectivity index (χ2n) is 13.5. The van der Waals surface area contributed by atoms with Crippen LogP contribution in [-0.2, 0) is 0 Å². The normalized spacial score (nSPS) is 11.8. The molecule has 0 spiro atoms. The lowest BCUT2D eigenvalue weighted by molar-refractivity contribution is 1.04. The fraction of sp³-hybridized carbons (Fsp3) is 0. The molecule has 4 nitrogen and oxygen atoms in total. The molecule has 11 rings (SSSR count). The summed E-state index contributed by atoms with van der Waals surface area (Å²) in [7, 11) is 0. The molecule has 7 aromatic carbocycles. The van der Waals surface area contributed by atoms with Crippen LogP contribution < -0.4 is 0 Å². The molecule has 0 radical (unpaired) electrons. The van der Waals surface area contributed by atoms with Crippen molar-refractivity contribution in [3.63, 3.8) is 0 Å². The summed E-state index contributed by atoms with van der Waals surface area (Å²) in [6.45, 7) is 0. The van der Waals surface area contributed by atoms with Gasteiger partial charge in [0.2, 0.25) is 0 Å². The first-order chi connectivity index (χ1) is 25.8. The fourth-order valence-electron chi connectivity index (χ4n) is 8.18. The molecule has 4 heteroatoms. The molecule has 0 N–H and O–H groups in total. The second kappa shape index (κ2) is 11.2. The highest BCUT2D eigenvalue weighted by Crippen LogP contribution is 2.40. The summed E-state index contributed by atoms with van der Waals surface area (Å²) in [4.78, 5) is 9.70. The Morgan fingerprint density at radius 2 is 0.923 bits per heavy atom. The van der Waals surface area contributed by atoms with Crippen LogP contribution in [0.25, 0.3) is 99.2 Å². The summed E-state index contributed by atoms with van der Waals surface area (Å²) in [6, 6.07) is 63.2. The highest BCUT2D eigenvalue weighted by atomic mass is 15.1. The molecule has 0 saturated heterocycles. The van der Waals surface area contributed by atoms with Crippen molar-refractivity contribution >= 4 is 59.9 Å². The van der Waals surface area contributed by atoms with Gasteiger partial charge in [-0.25, -0.2) is 9.97 Å². The van der Waals surface area contributed by atoms with Gasteiger partial charge in [0.05, 0.1) is 33.3 Å². The molecule has 0 aliphatic carbocycles. The van der Waals surface area contributed by atoms with E-state index in [1.807, 2.05) is 0 Å². The maximum absolute atomic E-state index is 4.90. The number of nitrogens with zero attached hydrogens (tertiary/aromatic N) is 4. The van der Waals surface area contributed by atoms with E-state index >= 15 is 0 Å². The van der Waals surface area contributed by atoms with Crippen LogP contribution in [-0.4, -0.2) is 18.9 Å². The van der Waals surface area contributed by atoms with Crippen molar-refractivity contribution in [3.05, 3.63) is 182 Å². The van der Waals surface area contributed by atoms with Crippen LogP contribution in [0.1, 0.15) is 0 Å². The first-order valence-electron chi connectivity index (χ1n) is 17.7. The molecule has 0 fully saturated rings. The SMILES string of the molecule is c1ccc(-c2ccc(-c3cccc(-c4cc(-n5c6ccccc6c6cc7c8ccccc8c8cc9ccccc9n8c7cc65)ncn4)c3)cc2)cc1. The second-order valence-corrected chi connectivity index (χ2v) is 13.5.